The Labute approximate surface area is 227 Å². The number of allylic oxidation sites excluding steroid dienone is 3. The van der Waals surface area contributed by atoms with Crippen molar-refractivity contribution >= 4 is 12.0 Å². The third-order valence-corrected chi connectivity index (χ3v) is 7.11. The van der Waals surface area contributed by atoms with Gasteiger partial charge in [-0.2, -0.15) is 0 Å². The van der Waals surface area contributed by atoms with Gasteiger partial charge in [0.15, 0.2) is 6.23 Å². The zero-order valence-electron chi connectivity index (χ0n) is 23.2. The van der Waals surface area contributed by atoms with E-state index in [2.05, 4.69) is 90.3 Å². The molecule has 1 atom stereocenters. The fraction of sp³-hybridized carbons (Fsp3) is 0.406. The Hall–Kier alpha value is -3.38. The molecule has 2 aromatic rings. The molecule has 0 saturated carbocycles. The van der Waals surface area contributed by atoms with Gasteiger partial charge in [-0.25, -0.2) is 9.38 Å². The number of para-hydroxylation sites is 1. The maximum atomic E-state index is 14.1. The Morgan fingerprint density at radius 3 is 2.61 bits per heavy atom. The predicted octanol–water partition coefficient (Wildman–Crippen LogP) is 7.07. The Bertz CT molecular complexity index is 1190. The van der Waals surface area contributed by atoms with Crippen molar-refractivity contribution in [3.05, 3.63) is 101 Å². The Morgan fingerprint density at radius 2 is 1.89 bits per heavy atom. The number of nitrogens with zero attached hydrogens (tertiary/aromatic N) is 3. The van der Waals surface area contributed by atoms with E-state index >= 15 is 0 Å². The number of ether oxygens (including phenoxy) is 1. The number of rotatable bonds is 10. The molecule has 0 aliphatic carbocycles. The van der Waals surface area contributed by atoms with Crippen molar-refractivity contribution in [1.82, 2.24) is 10.2 Å². The molecule has 38 heavy (non-hydrogen) atoms. The average Bonchev–Trinajstić information content (AvgIpc) is 2.91. The van der Waals surface area contributed by atoms with E-state index in [1.807, 2.05) is 6.07 Å². The second kappa shape index (κ2) is 13.4. The molecular formula is C32H41FN4O. The summed E-state index contributed by atoms with van der Waals surface area (Å²) in [7, 11) is 0. The number of aliphatic imine (C=N–C) groups is 1. The third-order valence-electron chi connectivity index (χ3n) is 7.11. The Morgan fingerprint density at radius 1 is 1.11 bits per heavy atom. The second-order valence-corrected chi connectivity index (χ2v) is 9.96. The largest absolute Gasteiger partial charge is 0.358 e. The predicted molar refractivity (Wildman–Crippen MR) is 155 cm³/mol. The van der Waals surface area contributed by atoms with Crippen LogP contribution in [-0.4, -0.2) is 36.7 Å². The Kier molecular flexibility index (Phi) is 9.77. The number of likely N-dealkylation sites (tertiary alicyclic amines) is 1. The molecule has 6 heteroatoms. The van der Waals surface area contributed by atoms with Crippen LogP contribution in [0.25, 0.3) is 0 Å². The summed E-state index contributed by atoms with van der Waals surface area (Å²) in [6.07, 6.45) is 11.9. The molecule has 0 bridgehead atoms. The van der Waals surface area contributed by atoms with Gasteiger partial charge in [-0.1, -0.05) is 56.3 Å². The van der Waals surface area contributed by atoms with Crippen molar-refractivity contribution in [1.29, 1.82) is 0 Å². The quantitative estimate of drug-likeness (QED) is 0.367. The van der Waals surface area contributed by atoms with Crippen LogP contribution >= 0.6 is 0 Å². The highest BCUT2D eigenvalue weighted by molar-refractivity contribution is 5.61. The summed E-state index contributed by atoms with van der Waals surface area (Å²) in [5.74, 6) is 0.968. The lowest BCUT2D eigenvalue weighted by Crippen LogP contribution is -2.43. The van der Waals surface area contributed by atoms with Crippen molar-refractivity contribution in [3.8, 4) is 0 Å². The molecule has 2 aliphatic rings. The highest BCUT2D eigenvalue weighted by Crippen LogP contribution is 2.31. The van der Waals surface area contributed by atoms with Gasteiger partial charge in [-0.3, -0.25) is 0 Å². The van der Waals surface area contributed by atoms with E-state index in [0.717, 1.165) is 61.3 Å². The minimum absolute atomic E-state index is 0.141. The molecular weight excluding hydrogens is 475 g/mol. The summed E-state index contributed by atoms with van der Waals surface area (Å²) in [5, 5.41) is 3.21. The summed E-state index contributed by atoms with van der Waals surface area (Å²) in [6, 6.07) is 15.4. The smallest absolute Gasteiger partial charge is 0.177 e. The first-order valence-corrected chi connectivity index (χ1v) is 13.8. The van der Waals surface area contributed by atoms with Crippen LogP contribution in [0.4, 0.5) is 10.1 Å². The number of benzene rings is 2. The van der Waals surface area contributed by atoms with Gasteiger partial charge < -0.3 is 19.9 Å². The zero-order valence-corrected chi connectivity index (χ0v) is 23.2. The van der Waals surface area contributed by atoms with E-state index in [1.54, 1.807) is 18.5 Å². The van der Waals surface area contributed by atoms with E-state index < -0.39 is 0 Å². The standard InChI is InChI=1S/C32H41FN4O/c1-5-7-15-29-25(4)34-23-35-32(29)38-28-17-19-36(20-18-28)31(11-6-2)37(30-16-9-8-12-24(30)3)22-26-13-10-14-27(33)21-26/h7-16,21,23,28,32H,5-6,17-20,22H2,1-4H3,(H,34,35)/b15-7-,31-11+. The maximum absolute atomic E-state index is 14.1. The van der Waals surface area contributed by atoms with Crippen LogP contribution in [0.15, 0.2) is 88.8 Å². The fourth-order valence-corrected chi connectivity index (χ4v) is 5.08. The molecule has 0 spiro atoms. The molecule has 0 aromatic heterocycles. The SMILES string of the molecule is CC/C=C\C1=C(C)NC=NC1OC1CCN(/C(=C\CC)N(Cc2cccc(F)c2)c2ccccc2C)CC1. The van der Waals surface area contributed by atoms with Crippen molar-refractivity contribution in [2.24, 2.45) is 4.99 Å². The summed E-state index contributed by atoms with van der Waals surface area (Å²) >= 11 is 0. The molecule has 1 unspecified atom stereocenters. The van der Waals surface area contributed by atoms with Crippen LogP contribution in [-0.2, 0) is 11.3 Å². The number of aryl methyl sites for hydroxylation is 1. The normalized spacial score (nSPS) is 18.8. The van der Waals surface area contributed by atoms with Gasteiger partial charge in [0.1, 0.15) is 11.6 Å². The minimum atomic E-state index is -0.266. The van der Waals surface area contributed by atoms with Gasteiger partial charge in [0.25, 0.3) is 0 Å². The number of hydrogen-bond acceptors (Lipinski definition) is 5. The molecule has 2 heterocycles. The number of nitrogens with one attached hydrogen (secondary N) is 1. The molecule has 4 rings (SSSR count). The molecule has 1 N–H and O–H groups in total. The monoisotopic (exact) mass is 516 g/mol. The van der Waals surface area contributed by atoms with Gasteiger partial charge in [-0.05, 0) is 74.9 Å². The summed E-state index contributed by atoms with van der Waals surface area (Å²) < 4.78 is 20.6. The van der Waals surface area contributed by atoms with Gasteiger partial charge in [-0.15, -0.1) is 0 Å². The lowest BCUT2D eigenvalue weighted by Gasteiger charge is -2.41. The van der Waals surface area contributed by atoms with Crippen LogP contribution in [0.2, 0.25) is 0 Å². The average molecular weight is 517 g/mol. The summed E-state index contributed by atoms with van der Waals surface area (Å²) in [4.78, 5) is 9.39. The molecule has 2 aliphatic heterocycles. The topological polar surface area (TPSA) is 40.1 Å². The molecule has 0 radical (unpaired) electrons. The van der Waals surface area contributed by atoms with E-state index in [9.17, 15) is 4.39 Å². The van der Waals surface area contributed by atoms with E-state index in [-0.39, 0.29) is 18.1 Å². The van der Waals surface area contributed by atoms with Crippen molar-refractivity contribution in [2.45, 2.75) is 72.3 Å². The molecule has 1 fully saturated rings. The Balaban J connectivity index is 1.51. The summed E-state index contributed by atoms with van der Waals surface area (Å²) in [6.45, 7) is 10.9. The number of halogens is 1. The van der Waals surface area contributed by atoms with Gasteiger partial charge in [0, 0.05) is 36.6 Å². The van der Waals surface area contributed by atoms with E-state index in [4.69, 9.17) is 4.74 Å². The first-order chi connectivity index (χ1) is 18.5. The highest BCUT2D eigenvalue weighted by atomic mass is 19.1. The van der Waals surface area contributed by atoms with Crippen LogP contribution in [0.5, 0.6) is 0 Å². The lowest BCUT2D eigenvalue weighted by molar-refractivity contribution is -0.0188. The van der Waals surface area contributed by atoms with Gasteiger partial charge >= 0.3 is 0 Å². The van der Waals surface area contributed by atoms with E-state index in [1.165, 1.54) is 17.5 Å². The number of piperidine rings is 1. The second-order valence-electron chi connectivity index (χ2n) is 9.96. The lowest BCUT2D eigenvalue weighted by atomic mass is 10.1. The number of hydrogen-bond donors (Lipinski definition) is 1. The molecule has 5 nitrogen and oxygen atoms in total. The minimum Gasteiger partial charge on any atom is -0.358 e. The first kappa shape index (κ1) is 27.6. The van der Waals surface area contributed by atoms with Crippen LogP contribution < -0.4 is 10.2 Å². The van der Waals surface area contributed by atoms with Crippen molar-refractivity contribution < 1.29 is 9.13 Å². The molecule has 0 amide bonds. The summed E-state index contributed by atoms with van der Waals surface area (Å²) in [5.41, 5.74) is 5.48. The van der Waals surface area contributed by atoms with Gasteiger partial charge in [0.05, 0.1) is 12.4 Å². The van der Waals surface area contributed by atoms with Crippen molar-refractivity contribution in [3.63, 3.8) is 0 Å². The van der Waals surface area contributed by atoms with E-state index in [0.29, 0.717) is 6.54 Å². The number of anilines is 1. The molecule has 2 aromatic carbocycles. The van der Waals surface area contributed by atoms with Crippen LogP contribution in [0, 0.1) is 12.7 Å². The first-order valence-electron chi connectivity index (χ1n) is 13.8. The zero-order chi connectivity index (χ0) is 26.9. The van der Waals surface area contributed by atoms with Crippen molar-refractivity contribution in [2.75, 3.05) is 18.0 Å². The van der Waals surface area contributed by atoms with Crippen LogP contribution in [0.1, 0.15) is 57.6 Å². The fourth-order valence-electron chi connectivity index (χ4n) is 5.08. The van der Waals surface area contributed by atoms with Gasteiger partial charge in [0.2, 0.25) is 0 Å². The molecule has 202 valence electrons. The maximum Gasteiger partial charge on any atom is 0.177 e. The van der Waals surface area contributed by atoms with Crippen LogP contribution in [0.3, 0.4) is 0 Å². The third kappa shape index (κ3) is 6.93. The molecule has 1 saturated heterocycles. The highest BCUT2D eigenvalue weighted by Gasteiger charge is 2.28.